The van der Waals surface area contributed by atoms with Crippen LogP contribution in [0, 0.1) is 9.49 Å². The maximum atomic E-state index is 11.8. The minimum Gasteiger partial charge on any atom is -0.461 e. The summed E-state index contributed by atoms with van der Waals surface area (Å²) in [5.74, 6) is 0.158. The molecule has 21 heavy (non-hydrogen) atoms. The number of hydrogen-bond acceptors (Lipinski definition) is 2. The van der Waals surface area contributed by atoms with Gasteiger partial charge in [-0.2, -0.15) is 0 Å². The molecule has 0 fully saturated rings. The van der Waals surface area contributed by atoms with Crippen molar-refractivity contribution >= 4 is 28.6 Å². The second kappa shape index (κ2) is 8.17. The van der Waals surface area contributed by atoms with Crippen LogP contribution in [-0.4, -0.2) is 5.97 Å². The predicted molar refractivity (Wildman–Crippen MR) is 92.9 cm³/mol. The van der Waals surface area contributed by atoms with Crippen molar-refractivity contribution in [3.63, 3.8) is 0 Å². The molecule has 110 valence electrons. The number of benzene rings is 2. The fourth-order valence-corrected chi connectivity index (χ4v) is 2.54. The number of rotatable bonds is 6. The second-order valence-electron chi connectivity index (χ2n) is 5.29. The lowest BCUT2D eigenvalue weighted by Gasteiger charge is -2.11. The van der Waals surface area contributed by atoms with Crippen molar-refractivity contribution in [3.05, 3.63) is 69.3 Å². The van der Waals surface area contributed by atoms with Crippen LogP contribution < -0.4 is 0 Å². The first-order valence-electron chi connectivity index (χ1n) is 7.07. The molecule has 2 aromatic carbocycles. The summed E-state index contributed by atoms with van der Waals surface area (Å²) >= 11 is 2.29. The molecule has 0 spiro atoms. The molecule has 2 rings (SSSR count). The van der Waals surface area contributed by atoms with Gasteiger partial charge in [-0.3, -0.25) is 4.79 Å². The van der Waals surface area contributed by atoms with E-state index in [0.717, 1.165) is 12.0 Å². The summed E-state index contributed by atoms with van der Waals surface area (Å²) in [7, 11) is 0. The molecule has 1 atom stereocenters. The first-order chi connectivity index (χ1) is 10.1. The van der Waals surface area contributed by atoms with Gasteiger partial charge in [-0.15, -0.1) is 0 Å². The molecule has 0 saturated heterocycles. The van der Waals surface area contributed by atoms with Crippen LogP contribution in [0.3, 0.4) is 0 Å². The fourth-order valence-electron chi connectivity index (χ4n) is 2.18. The molecular formula is C18H19IO2. The van der Waals surface area contributed by atoms with E-state index in [0.29, 0.717) is 13.0 Å². The summed E-state index contributed by atoms with van der Waals surface area (Å²) in [6, 6.07) is 18.2. The zero-order valence-corrected chi connectivity index (χ0v) is 14.2. The average Bonchev–Trinajstić information content (AvgIpc) is 2.48. The molecule has 3 heteroatoms. The Morgan fingerprint density at radius 2 is 1.71 bits per heavy atom. The molecule has 0 bridgehead atoms. The van der Waals surface area contributed by atoms with Gasteiger partial charge in [0.05, 0.1) is 0 Å². The fraction of sp³-hybridized carbons (Fsp3) is 0.278. The summed E-state index contributed by atoms with van der Waals surface area (Å²) < 4.78 is 6.54. The van der Waals surface area contributed by atoms with E-state index < -0.39 is 0 Å². The average molecular weight is 394 g/mol. The van der Waals surface area contributed by atoms with E-state index in [1.54, 1.807) is 0 Å². The minimum absolute atomic E-state index is 0.128. The van der Waals surface area contributed by atoms with Crippen molar-refractivity contribution < 1.29 is 9.53 Å². The van der Waals surface area contributed by atoms with E-state index in [4.69, 9.17) is 4.74 Å². The Kier molecular flexibility index (Phi) is 6.23. The smallest absolute Gasteiger partial charge is 0.306 e. The number of hydrogen-bond donors (Lipinski definition) is 0. The molecule has 0 saturated carbocycles. The van der Waals surface area contributed by atoms with E-state index >= 15 is 0 Å². The summed E-state index contributed by atoms with van der Waals surface area (Å²) in [5, 5.41) is 0. The molecule has 0 amide bonds. The van der Waals surface area contributed by atoms with Gasteiger partial charge in [-0.1, -0.05) is 49.4 Å². The van der Waals surface area contributed by atoms with E-state index in [2.05, 4.69) is 53.8 Å². The molecule has 0 aliphatic heterocycles. The Morgan fingerprint density at radius 1 is 1.05 bits per heavy atom. The van der Waals surface area contributed by atoms with E-state index in [1.807, 2.05) is 30.3 Å². The third kappa shape index (κ3) is 5.87. The highest BCUT2D eigenvalue weighted by molar-refractivity contribution is 14.1. The number of esters is 1. The highest BCUT2D eigenvalue weighted by atomic mass is 127. The molecule has 1 unspecified atom stereocenters. The van der Waals surface area contributed by atoms with Crippen molar-refractivity contribution in [2.24, 2.45) is 5.92 Å². The van der Waals surface area contributed by atoms with Gasteiger partial charge in [0.1, 0.15) is 6.61 Å². The SMILES string of the molecule is CC(CC(=O)OCc1ccccc1)Cc1ccc(I)cc1. The van der Waals surface area contributed by atoms with Gasteiger partial charge >= 0.3 is 5.97 Å². The molecule has 0 aromatic heterocycles. The van der Waals surface area contributed by atoms with Gasteiger partial charge in [0, 0.05) is 9.99 Å². The molecule has 0 aliphatic rings. The highest BCUT2D eigenvalue weighted by Gasteiger charge is 2.11. The number of carbonyl (C=O) groups is 1. The highest BCUT2D eigenvalue weighted by Crippen LogP contribution is 2.15. The monoisotopic (exact) mass is 394 g/mol. The number of ether oxygens (including phenoxy) is 1. The van der Waals surface area contributed by atoms with Crippen LogP contribution in [0.4, 0.5) is 0 Å². The Labute approximate surface area is 139 Å². The van der Waals surface area contributed by atoms with E-state index in [-0.39, 0.29) is 11.9 Å². The quantitative estimate of drug-likeness (QED) is 0.529. The van der Waals surface area contributed by atoms with E-state index in [1.165, 1.54) is 9.13 Å². The lowest BCUT2D eigenvalue weighted by Crippen LogP contribution is -2.11. The predicted octanol–water partition coefficient (Wildman–Crippen LogP) is 4.60. The van der Waals surface area contributed by atoms with Crippen molar-refractivity contribution in [1.29, 1.82) is 0 Å². The van der Waals surface area contributed by atoms with Crippen molar-refractivity contribution in [3.8, 4) is 0 Å². The lowest BCUT2D eigenvalue weighted by atomic mass is 9.98. The molecular weight excluding hydrogens is 375 g/mol. The van der Waals surface area contributed by atoms with Gasteiger partial charge < -0.3 is 4.74 Å². The number of carbonyl (C=O) groups excluding carboxylic acids is 1. The van der Waals surface area contributed by atoms with Gasteiger partial charge in [0.25, 0.3) is 0 Å². The number of halogens is 1. The first kappa shape index (κ1) is 16.0. The molecule has 0 N–H and O–H groups in total. The van der Waals surface area contributed by atoms with Crippen LogP contribution in [0.15, 0.2) is 54.6 Å². The van der Waals surface area contributed by atoms with Crippen molar-refractivity contribution in [2.45, 2.75) is 26.4 Å². The molecule has 2 aromatic rings. The standard InChI is InChI=1S/C18H19IO2/c1-14(11-15-7-9-17(19)10-8-15)12-18(20)21-13-16-5-3-2-4-6-16/h2-10,14H,11-13H2,1H3. The maximum absolute atomic E-state index is 11.8. The normalized spacial score (nSPS) is 11.9. The third-order valence-corrected chi connectivity index (χ3v) is 3.97. The van der Waals surface area contributed by atoms with Crippen LogP contribution >= 0.6 is 22.6 Å². The van der Waals surface area contributed by atoms with Gasteiger partial charge in [-0.05, 0) is 58.2 Å². The molecule has 2 nitrogen and oxygen atoms in total. The lowest BCUT2D eigenvalue weighted by molar-refractivity contribution is -0.145. The summed E-state index contributed by atoms with van der Waals surface area (Å²) in [6.07, 6.45) is 1.36. The van der Waals surface area contributed by atoms with Gasteiger partial charge in [0.2, 0.25) is 0 Å². The second-order valence-corrected chi connectivity index (χ2v) is 6.53. The largest absolute Gasteiger partial charge is 0.461 e. The summed E-state index contributed by atoms with van der Waals surface area (Å²) in [4.78, 5) is 11.8. The van der Waals surface area contributed by atoms with Gasteiger partial charge in [0.15, 0.2) is 0 Å². The van der Waals surface area contributed by atoms with Crippen LogP contribution in [-0.2, 0) is 22.6 Å². The summed E-state index contributed by atoms with van der Waals surface area (Å²) in [5.41, 5.74) is 2.29. The molecule has 0 aliphatic carbocycles. The Morgan fingerprint density at radius 3 is 2.38 bits per heavy atom. The van der Waals surface area contributed by atoms with Crippen LogP contribution in [0.25, 0.3) is 0 Å². The Bertz CT molecular complexity index is 564. The van der Waals surface area contributed by atoms with Crippen LogP contribution in [0.1, 0.15) is 24.5 Å². The minimum atomic E-state index is -0.128. The van der Waals surface area contributed by atoms with Gasteiger partial charge in [-0.25, -0.2) is 0 Å². The third-order valence-electron chi connectivity index (χ3n) is 3.26. The topological polar surface area (TPSA) is 26.3 Å². The first-order valence-corrected chi connectivity index (χ1v) is 8.15. The molecule has 0 radical (unpaired) electrons. The maximum Gasteiger partial charge on any atom is 0.306 e. The summed E-state index contributed by atoms with van der Waals surface area (Å²) in [6.45, 7) is 2.44. The van der Waals surface area contributed by atoms with Crippen LogP contribution in [0.2, 0.25) is 0 Å². The van der Waals surface area contributed by atoms with Crippen molar-refractivity contribution in [2.75, 3.05) is 0 Å². The molecule has 0 heterocycles. The van der Waals surface area contributed by atoms with E-state index in [9.17, 15) is 4.79 Å². The zero-order chi connectivity index (χ0) is 15.1. The Balaban J connectivity index is 1.75. The van der Waals surface area contributed by atoms with Crippen molar-refractivity contribution in [1.82, 2.24) is 0 Å². The Hall–Kier alpha value is -1.36. The van der Waals surface area contributed by atoms with Crippen LogP contribution in [0.5, 0.6) is 0 Å². The zero-order valence-electron chi connectivity index (χ0n) is 12.1.